The zero-order valence-electron chi connectivity index (χ0n) is 10.5. The summed E-state index contributed by atoms with van der Waals surface area (Å²) < 4.78 is 0. The summed E-state index contributed by atoms with van der Waals surface area (Å²) in [6, 6.07) is 5.72. The van der Waals surface area contributed by atoms with Crippen LogP contribution in [0.2, 0.25) is 0 Å². The molecule has 0 aliphatic carbocycles. The Balaban J connectivity index is 1.82. The van der Waals surface area contributed by atoms with Gasteiger partial charge in [0.05, 0.1) is 11.7 Å². The minimum Gasteiger partial charge on any atom is -0.339 e. The number of benzene rings is 1. The summed E-state index contributed by atoms with van der Waals surface area (Å²) in [6.07, 6.45) is 3.99. The maximum Gasteiger partial charge on any atom is 0.253 e. The van der Waals surface area contributed by atoms with Crippen LogP contribution in [0.4, 0.5) is 0 Å². The molecule has 1 aromatic carbocycles. The van der Waals surface area contributed by atoms with E-state index in [1.165, 1.54) is 0 Å². The molecule has 0 atom stereocenters. The molecule has 94 valence electrons. The van der Waals surface area contributed by atoms with Gasteiger partial charge in [-0.05, 0) is 30.9 Å². The third-order valence-corrected chi connectivity index (χ3v) is 3.76. The van der Waals surface area contributed by atoms with Gasteiger partial charge in [0, 0.05) is 24.0 Å². The van der Waals surface area contributed by atoms with E-state index in [1.54, 1.807) is 6.20 Å². The molecule has 1 fully saturated rings. The topological polar surface area (TPSA) is 49.0 Å². The first-order valence-corrected chi connectivity index (χ1v) is 6.46. The van der Waals surface area contributed by atoms with E-state index >= 15 is 0 Å². The van der Waals surface area contributed by atoms with Gasteiger partial charge in [-0.1, -0.05) is 13.0 Å². The van der Waals surface area contributed by atoms with E-state index < -0.39 is 0 Å². The van der Waals surface area contributed by atoms with Gasteiger partial charge < -0.3 is 4.90 Å². The molecule has 0 radical (unpaired) electrons. The molecule has 2 heterocycles. The zero-order valence-corrected chi connectivity index (χ0v) is 10.5. The summed E-state index contributed by atoms with van der Waals surface area (Å²) in [5.74, 6) is 0.877. The average Bonchev–Trinajstić information content (AvgIpc) is 2.86. The van der Waals surface area contributed by atoms with Crippen LogP contribution in [-0.2, 0) is 0 Å². The van der Waals surface area contributed by atoms with E-state index in [9.17, 15) is 4.79 Å². The Bertz CT molecular complexity index is 567. The third kappa shape index (κ3) is 1.98. The minimum absolute atomic E-state index is 0.137. The number of rotatable bonds is 1. The molecule has 0 unspecified atom stereocenters. The van der Waals surface area contributed by atoms with Crippen molar-refractivity contribution in [3.8, 4) is 0 Å². The van der Waals surface area contributed by atoms with E-state index in [2.05, 4.69) is 17.1 Å². The van der Waals surface area contributed by atoms with Crippen molar-refractivity contribution in [2.75, 3.05) is 13.1 Å². The second-order valence-electron chi connectivity index (χ2n) is 5.15. The highest BCUT2D eigenvalue weighted by atomic mass is 16.2. The van der Waals surface area contributed by atoms with Gasteiger partial charge in [0.15, 0.2) is 0 Å². The van der Waals surface area contributed by atoms with Crippen molar-refractivity contribution < 1.29 is 4.79 Å². The SMILES string of the molecule is CC1CCN(C(=O)c2ccc3cn[nH]c3c2)CC1. The Morgan fingerprint density at radius 3 is 2.94 bits per heavy atom. The predicted octanol–water partition coefficient (Wildman–Crippen LogP) is 2.44. The standard InChI is InChI=1S/C14H17N3O/c1-10-4-6-17(7-5-10)14(18)11-2-3-12-9-15-16-13(12)8-11/h2-3,8-10H,4-7H2,1H3,(H,15,16). The molecule has 0 spiro atoms. The molecule has 0 bridgehead atoms. The van der Waals surface area contributed by atoms with E-state index in [-0.39, 0.29) is 5.91 Å². The molecule has 1 N–H and O–H groups in total. The molecule has 18 heavy (non-hydrogen) atoms. The Kier molecular flexibility index (Phi) is 2.78. The molecule has 2 aromatic rings. The third-order valence-electron chi connectivity index (χ3n) is 3.76. The summed E-state index contributed by atoms with van der Waals surface area (Å²) in [4.78, 5) is 14.3. The first kappa shape index (κ1) is 11.3. The van der Waals surface area contributed by atoms with E-state index in [1.807, 2.05) is 23.1 Å². The van der Waals surface area contributed by atoms with Gasteiger partial charge in [0.1, 0.15) is 0 Å². The number of hydrogen-bond donors (Lipinski definition) is 1. The van der Waals surface area contributed by atoms with E-state index in [4.69, 9.17) is 0 Å². The van der Waals surface area contributed by atoms with Crippen molar-refractivity contribution in [3.63, 3.8) is 0 Å². The first-order valence-electron chi connectivity index (χ1n) is 6.46. The highest BCUT2D eigenvalue weighted by Gasteiger charge is 2.21. The fourth-order valence-corrected chi connectivity index (χ4v) is 2.46. The maximum absolute atomic E-state index is 12.4. The lowest BCUT2D eigenvalue weighted by Gasteiger charge is -2.30. The molecule has 4 heteroatoms. The Hall–Kier alpha value is -1.84. The normalized spacial score (nSPS) is 17.3. The second-order valence-corrected chi connectivity index (χ2v) is 5.15. The Morgan fingerprint density at radius 1 is 1.39 bits per heavy atom. The smallest absolute Gasteiger partial charge is 0.253 e. The van der Waals surface area contributed by atoms with Gasteiger partial charge in [0.2, 0.25) is 0 Å². The molecule has 0 saturated carbocycles. The molecule has 1 aromatic heterocycles. The number of amides is 1. The van der Waals surface area contributed by atoms with Crippen LogP contribution in [0, 0.1) is 5.92 Å². The van der Waals surface area contributed by atoms with Crippen LogP contribution in [0.1, 0.15) is 30.1 Å². The van der Waals surface area contributed by atoms with Crippen molar-refractivity contribution >= 4 is 16.8 Å². The number of aromatic amines is 1. The first-order chi connectivity index (χ1) is 8.74. The van der Waals surface area contributed by atoms with Crippen molar-refractivity contribution in [1.29, 1.82) is 0 Å². The highest BCUT2D eigenvalue weighted by Crippen LogP contribution is 2.19. The summed E-state index contributed by atoms with van der Waals surface area (Å²) in [6.45, 7) is 4.00. The lowest BCUT2D eigenvalue weighted by atomic mass is 9.98. The van der Waals surface area contributed by atoms with Gasteiger partial charge in [-0.3, -0.25) is 9.89 Å². The largest absolute Gasteiger partial charge is 0.339 e. The molecular formula is C14H17N3O. The second kappa shape index (κ2) is 4.44. The number of likely N-dealkylation sites (tertiary alicyclic amines) is 1. The Morgan fingerprint density at radius 2 is 2.17 bits per heavy atom. The number of H-pyrrole nitrogens is 1. The monoisotopic (exact) mass is 243 g/mol. The van der Waals surface area contributed by atoms with Crippen LogP contribution in [-0.4, -0.2) is 34.1 Å². The summed E-state index contributed by atoms with van der Waals surface area (Å²) >= 11 is 0. The van der Waals surface area contributed by atoms with Crippen molar-refractivity contribution in [2.45, 2.75) is 19.8 Å². The van der Waals surface area contributed by atoms with Crippen LogP contribution in [0.5, 0.6) is 0 Å². The molecule has 1 amide bonds. The Labute approximate surface area is 106 Å². The van der Waals surface area contributed by atoms with E-state index in [0.29, 0.717) is 0 Å². The summed E-state index contributed by atoms with van der Waals surface area (Å²) in [7, 11) is 0. The number of nitrogens with zero attached hydrogens (tertiary/aromatic N) is 2. The number of aromatic nitrogens is 2. The molecule has 4 nitrogen and oxygen atoms in total. The molecule has 1 saturated heterocycles. The quantitative estimate of drug-likeness (QED) is 0.836. The fourth-order valence-electron chi connectivity index (χ4n) is 2.46. The lowest BCUT2D eigenvalue weighted by Crippen LogP contribution is -2.37. The van der Waals surface area contributed by atoms with Gasteiger partial charge >= 0.3 is 0 Å². The van der Waals surface area contributed by atoms with Crippen LogP contribution < -0.4 is 0 Å². The molecule has 3 rings (SSSR count). The van der Waals surface area contributed by atoms with Gasteiger partial charge in [-0.25, -0.2) is 0 Å². The van der Waals surface area contributed by atoms with E-state index in [0.717, 1.165) is 48.3 Å². The number of fused-ring (bicyclic) bond motifs is 1. The van der Waals surface area contributed by atoms with Gasteiger partial charge in [-0.15, -0.1) is 0 Å². The molecule has 1 aliphatic rings. The van der Waals surface area contributed by atoms with Crippen molar-refractivity contribution in [3.05, 3.63) is 30.0 Å². The fraction of sp³-hybridized carbons (Fsp3) is 0.429. The zero-order chi connectivity index (χ0) is 12.5. The maximum atomic E-state index is 12.4. The number of carbonyl (C=O) groups excluding carboxylic acids is 1. The summed E-state index contributed by atoms with van der Waals surface area (Å²) in [5.41, 5.74) is 1.67. The lowest BCUT2D eigenvalue weighted by molar-refractivity contribution is 0.0697. The van der Waals surface area contributed by atoms with Crippen LogP contribution >= 0.6 is 0 Å². The minimum atomic E-state index is 0.137. The van der Waals surface area contributed by atoms with Crippen molar-refractivity contribution in [2.24, 2.45) is 5.92 Å². The summed E-state index contributed by atoms with van der Waals surface area (Å²) in [5, 5.41) is 7.92. The number of piperidine rings is 1. The predicted molar refractivity (Wildman–Crippen MR) is 70.4 cm³/mol. The average molecular weight is 243 g/mol. The van der Waals surface area contributed by atoms with Crippen LogP contribution in [0.3, 0.4) is 0 Å². The van der Waals surface area contributed by atoms with Crippen LogP contribution in [0.25, 0.3) is 10.9 Å². The number of hydrogen-bond acceptors (Lipinski definition) is 2. The van der Waals surface area contributed by atoms with Crippen LogP contribution in [0.15, 0.2) is 24.4 Å². The number of carbonyl (C=O) groups is 1. The van der Waals surface area contributed by atoms with Gasteiger partial charge in [0.25, 0.3) is 5.91 Å². The molecular weight excluding hydrogens is 226 g/mol. The van der Waals surface area contributed by atoms with Gasteiger partial charge in [-0.2, -0.15) is 5.10 Å². The van der Waals surface area contributed by atoms with Crippen molar-refractivity contribution in [1.82, 2.24) is 15.1 Å². The molecule has 1 aliphatic heterocycles. The highest BCUT2D eigenvalue weighted by molar-refractivity contribution is 5.97. The number of nitrogens with one attached hydrogen (secondary N) is 1.